The number of benzene rings is 1. The molecule has 0 unspecified atom stereocenters. The number of quaternary nitrogens is 1. The number of hydrogen-bond acceptors (Lipinski definition) is 3. The van der Waals surface area contributed by atoms with Crippen molar-refractivity contribution >= 4 is 0 Å². The minimum atomic E-state index is 0.340. The van der Waals surface area contributed by atoms with Gasteiger partial charge in [-0.2, -0.15) is 0 Å². The molecule has 0 radical (unpaired) electrons. The third-order valence-corrected chi connectivity index (χ3v) is 3.20. The average Bonchev–Trinajstić information content (AvgIpc) is 2.92. The molecule has 1 aliphatic heterocycles. The lowest BCUT2D eigenvalue weighted by atomic mass is 10.1. The summed E-state index contributed by atoms with van der Waals surface area (Å²) in [6.45, 7) is 2.39. The molecule has 0 saturated heterocycles. The van der Waals surface area contributed by atoms with Gasteiger partial charge in [0.25, 0.3) is 0 Å². The molecule has 19 heavy (non-hydrogen) atoms. The average molecular weight is 257 g/mol. The number of pyridine rings is 1. The van der Waals surface area contributed by atoms with Crippen LogP contribution in [-0.2, 0) is 13.0 Å². The highest BCUT2D eigenvalue weighted by atomic mass is 16.7. The third kappa shape index (κ3) is 3.03. The molecule has 2 heterocycles. The van der Waals surface area contributed by atoms with E-state index in [1.807, 2.05) is 18.5 Å². The van der Waals surface area contributed by atoms with Gasteiger partial charge in [0.1, 0.15) is 6.54 Å². The number of nitrogens with zero attached hydrogens (tertiary/aromatic N) is 1. The van der Waals surface area contributed by atoms with E-state index in [-0.39, 0.29) is 0 Å². The van der Waals surface area contributed by atoms with Gasteiger partial charge in [0.15, 0.2) is 11.5 Å². The van der Waals surface area contributed by atoms with Crippen LogP contribution < -0.4 is 14.8 Å². The maximum atomic E-state index is 5.38. The van der Waals surface area contributed by atoms with Crippen molar-refractivity contribution in [3.63, 3.8) is 0 Å². The molecule has 1 aromatic heterocycles. The van der Waals surface area contributed by atoms with Crippen molar-refractivity contribution in [3.05, 3.63) is 53.9 Å². The highest BCUT2D eigenvalue weighted by Gasteiger charge is 2.12. The molecular weight excluding hydrogens is 240 g/mol. The van der Waals surface area contributed by atoms with Crippen LogP contribution in [0.3, 0.4) is 0 Å². The fourth-order valence-electron chi connectivity index (χ4n) is 2.15. The van der Waals surface area contributed by atoms with Crippen LogP contribution in [0.25, 0.3) is 0 Å². The number of nitrogens with two attached hydrogens (primary N) is 1. The third-order valence-electron chi connectivity index (χ3n) is 3.20. The van der Waals surface area contributed by atoms with Gasteiger partial charge >= 0.3 is 0 Å². The van der Waals surface area contributed by atoms with Crippen LogP contribution in [0.15, 0.2) is 42.7 Å². The second-order valence-corrected chi connectivity index (χ2v) is 4.57. The van der Waals surface area contributed by atoms with E-state index >= 15 is 0 Å². The first-order chi connectivity index (χ1) is 9.42. The van der Waals surface area contributed by atoms with Crippen molar-refractivity contribution < 1.29 is 14.8 Å². The van der Waals surface area contributed by atoms with E-state index < -0.39 is 0 Å². The van der Waals surface area contributed by atoms with Gasteiger partial charge < -0.3 is 14.8 Å². The minimum absolute atomic E-state index is 0.340. The SMILES string of the molecule is c1cc(C[NH2+]CCc2ccc3c(c2)OCO3)ccn1. The van der Waals surface area contributed by atoms with Gasteiger partial charge in [-0.25, -0.2) is 0 Å². The van der Waals surface area contributed by atoms with Crippen molar-refractivity contribution in [3.8, 4) is 11.5 Å². The zero-order valence-corrected chi connectivity index (χ0v) is 10.7. The molecule has 98 valence electrons. The Hall–Kier alpha value is -2.07. The van der Waals surface area contributed by atoms with Crippen molar-refractivity contribution in [2.24, 2.45) is 0 Å². The minimum Gasteiger partial charge on any atom is -0.454 e. The summed E-state index contributed by atoms with van der Waals surface area (Å²) in [6, 6.07) is 10.3. The van der Waals surface area contributed by atoms with Crippen LogP contribution in [0, 0.1) is 0 Å². The van der Waals surface area contributed by atoms with Crippen LogP contribution >= 0.6 is 0 Å². The summed E-state index contributed by atoms with van der Waals surface area (Å²) in [6.07, 6.45) is 4.70. The van der Waals surface area contributed by atoms with Gasteiger partial charge in [-0.1, -0.05) is 6.07 Å². The Labute approximate surface area is 112 Å². The van der Waals surface area contributed by atoms with E-state index in [2.05, 4.69) is 34.6 Å². The van der Waals surface area contributed by atoms with E-state index in [9.17, 15) is 0 Å². The van der Waals surface area contributed by atoms with E-state index in [1.165, 1.54) is 11.1 Å². The van der Waals surface area contributed by atoms with Crippen LogP contribution in [-0.4, -0.2) is 18.3 Å². The van der Waals surface area contributed by atoms with Crippen molar-refractivity contribution in [1.29, 1.82) is 0 Å². The lowest BCUT2D eigenvalue weighted by Crippen LogP contribution is -2.83. The van der Waals surface area contributed by atoms with Gasteiger partial charge in [-0.15, -0.1) is 0 Å². The van der Waals surface area contributed by atoms with Gasteiger partial charge in [-0.3, -0.25) is 4.98 Å². The molecule has 2 N–H and O–H groups in total. The fraction of sp³-hybridized carbons (Fsp3) is 0.267. The normalized spacial score (nSPS) is 12.6. The molecule has 0 bridgehead atoms. The van der Waals surface area contributed by atoms with Crippen LogP contribution in [0.4, 0.5) is 0 Å². The zero-order chi connectivity index (χ0) is 12.9. The van der Waals surface area contributed by atoms with Crippen LogP contribution in [0.1, 0.15) is 11.1 Å². The van der Waals surface area contributed by atoms with Gasteiger partial charge in [0.05, 0.1) is 6.54 Å². The lowest BCUT2D eigenvalue weighted by molar-refractivity contribution is -0.670. The molecule has 0 atom stereocenters. The number of fused-ring (bicyclic) bond motifs is 1. The molecular formula is C15H17N2O2+. The Bertz CT molecular complexity index is 543. The molecule has 1 aliphatic rings. The van der Waals surface area contributed by atoms with Gasteiger partial charge in [-0.05, 0) is 29.8 Å². The Morgan fingerprint density at radius 2 is 1.84 bits per heavy atom. The molecule has 2 aromatic rings. The number of ether oxygens (including phenoxy) is 2. The smallest absolute Gasteiger partial charge is 0.231 e. The molecule has 0 fully saturated rings. The molecule has 0 spiro atoms. The zero-order valence-electron chi connectivity index (χ0n) is 10.7. The summed E-state index contributed by atoms with van der Waals surface area (Å²) in [5, 5.41) is 2.31. The van der Waals surface area contributed by atoms with E-state index in [0.29, 0.717) is 6.79 Å². The predicted octanol–water partition coefficient (Wildman–Crippen LogP) is 1.12. The summed E-state index contributed by atoms with van der Waals surface area (Å²) in [5.41, 5.74) is 2.59. The lowest BCUT2D eigenvalue weighted by Gasteiger charge is -2.03. The number of rotatable bonds is 5. The standard InChI is InChI=1S/C15H16N2O2/c1-2-14-15(19-11-18-14)9-12(1)3-8-17-10-13-4-6-16-7-5-13/h1-2,4-7,9,17H,3,8,10-11H2/p+1. The molecule has 0 aliphatic carbocycles. The molecule has 4 heteroatoms. The maximum absolute atomic E-state index is 5.38. The molecule has 3 rings (SSSR count). The second kappa shape index (κ2) is 5.71. The summed E-state index contributed by atoms with van der Waals surface area (Å²) >= 11 is 0. The summed E-state index contributed by atoms with van der Waals surface area (Å²) in [7, 11) is 0. The van der Waals surface area contributed by atoms with Gasteiger partial charge in [0, 0.05) is 24.4 Å². The Balaban J connectivity index is 1.48. The summed E-state index contributed by atoms with van der Waals surface area (Å²) in [4.78, 5) is 4.01. The summed E-state index contributed by atoms with van der Waals surface area (Å²) < 4.78 is 10.7. The maximum Gasteiger partial charge on any atom is 0.231 e. The molecule has 0 amide bonds. The van der Waals surface area contributed by atoms with E-state index in [4.69, 9.17) is 9.47 Å². The summed E-state index contributed by atoms with van der Waals surface area (Å²) in [5.74, 6) is 1.72. The Morgan fingerprint density at radius 1 is 1.00 bits per heavy atom. The molecule has 4 nitrogen and oxygen atoms in total. The number of hydrogen-bond donors (Lipinski definition) is 1. The van der Waals surface area contributed by atoms with E-state index in [1.54, 1.807) is 0 Å². The highest BCUT2D eigenvalue weighted by molar-refractivity contribution is 5.44. The quantitative estimate of drug-likeness (QED) is 0.816. The Morgan fingerprint density at radius 3 is 2.74 bits per heavy atom. The van der Waals surface area contributed by atoms with E-state index in [0.717, 1.165) is 31.0 Å². The first-order valence-electron chi connectivity index (χ1n) is 6.51. The van der Waals surface area contributed by atoms with Crippen molar-refractivity contribution in [2.75, 3.05) is 13.3 Å². The fourth-order valence-corrected chi connectivity index (χ4v) is 2.15. The first-order valence-corrected chi connectivity index (χ1v) is 6.51. The monoisotopic (exact) mass is 257 g/mol. The topological polar surface area (TPSA) is 48.0 Å². The molecule has 1 aromatic carbocycles. The highest BCUT2D eigenvalue weighted by Crippen LogP contribution is 2.32. The Kier molecular flexibility index (Phi) is 3.61. The van der Waals surface area contributed by atoms with Crippen molar-refractivity contribution in [2.45, 2.75) is 13.0 Å². The number of aromatic nitrogens is 1. The van der Waals surface area contributed by atoms with Crippen molar-refractivity contribution in [1.82, 2.24) is 4.98 Å². The first kappa shape index (κ1) is 12.0. The molecule has 0 saturated carbocycles. The second-order valence-electron chi connectivity index (χ2n) is 4.57. The van der Waals surface area contributed by atoms with Crippen LogP contribution in [0.2, 0.25) is 0 Å². The van der Waals surface area contributed by atoms with Gasteiger partial charge in [0.2, 0.25) is 6.79 Å². The predicted molar refractivity (Wildman–Crippen MR) is 71.0 cm³/mol. The van der Waals surface area contributed by atoms with Crippen LogP contribution in [0.5, 0.6) is 11.5 Å². The largest absolute Gasteiger partial charge is 0.454 e.